The molecule has 0 atom stereocenters. The standard InChI is InChI=1S/C19H27N3O4S/c23-15-21-11-13-22(14-12-21)19(24)16-7-9-18(10-8-16)27(25,26)20-17-5-3-1-2-4-6-17/h7-10,15,17,20H,1-6,11-14H2. The number of amides is 2. The normalized spacial score (nSPS) is 19.6. The third kappa shape index (κ3) is 5.07. The molecule has 2 aliphatic rings. The number of sulfonamides is 1. The third-order valence-corrected chi connectivity index (χ3v) is 6.88. The van der Waals surface area contributed by atoms with E-state index in [9.17, 15) is 18.0 Å². The average Bonchev–Trinajstić information content (AvgIpc) is 2.96. The Kier molecular flexibility index (Phi) is 6.49. The van der Waals surface area contributed by atoms with Crippen LogP contribution in [0.25, 0.3) is 0 Å². The summed E-state index contributed by atoms with van der Waals surface area (Å²) >= 11 is 0. The molecule has 1 aliphatic carbocycles. The van der Waals surface area contributed by atoms with Gasteiger partial charge in [0.25, 0.3) is 5.91 Å². The van der Waals surface area contributed by atoms with Crippen LogP contribution in [0.1, 0.15) is 48.9 Å². The molecule has 8 heteroatoms. The lowest BCUT2D eigenvalue weighted by atomic mass is 10.1. The number of carbonyl (C=O) groups is 2. The molecule has 27 heavy (non-hydrogen) atoms. The Bertz CT molecular complexity index is 748. The minimum Gasteiger partial charge on any atom is -0.342 e. The molecule has 1 heterocycles. The first-order chi connectivity index (χ1) is 13.0. The second-order valence-electron chi connectivity index (χ2n) is 7.27. The van der Waals surface area contributed by atoms with E-state index in [1.807, 2.05) is 0 Å². The van der Waals surface area contributed by atoms with Crippen molar-refractivity contribution < 1.29 is 18.0 Å². The van der Waals surface area contributed by atoms with Crippen LogP contribution < -0.4 is 4.72 Å². The summed E-state index contributed by atoms with van der Waals surface area (Å²) in [5.41, 5.74) is 0.461. The molecule has 1 aliphatic heterocycles. The van der Waals surface area contributed by atoms with Crippen LogP contribution in [-0.2, 0) is 14.8 Å². The first-order valence-corrected chi connectivity index (χ1v) is 11.1. The van der Waals surface area contributed by atoms with Crippen LogP contribution in [0.4, 0.5) is 0 Å². The van der Waals surface area contributed by atoms with Crippen LogP contribution in [-0.4, -0.2) is 62.8 Å². The Hall–Kier alpha value is -1.93. The van der Waals surface area contributed by atoms with E-state index < -0.39 is 10.0 Å². The molecule has 3 rings (SSSR count). The Morgan fingerprint density at radius 3 is 2.11 bits per heavy atom. The first-order valence-electron chi connectivity index (χ1n) is 9.60. The lowest BCUT2D eigenvalue weighted by Crippen LogP contribution is -2.48. The second kappa shape index (κ2) is 8.84. The van der Waals surface area contributed by atoms with Gasteiger partial charge in [0.05, 0.1) is 4.90 Å². The number of benzene rings is 1. The maximum atomic E-state index is 12.6. The molecule has 1 aromatic carbocycles. The molecule has 1 aromatic rings. The molecule has 0 unspecified atom stereocenters. The zero-order valence-electron chi connectivity index (χ0n) is 15.5. The highest BCUT2D eigenvalue weighted by atomic mass is 32.2. The van der Waals surface area contributed by atoms with Gasteiger partial charge in [-0.05, 0) is 37.1 Å². The van der Waals surface area contributed by atoms with Crippen molar-refractivity contribution in [3.63, 3.8) is 0 Å². The van der Waals surface area contributed by atoms with Gasteiger partial charge in [-0.15, -0.1) is 0 Å². The zero-order valence-corrected chi connectivity index (χ0v) is 16.3. The molecule has 0 aromatic heterocycles. The van der Waals surface area contributed by atoms with E-state index in [2.05, 4.69) is 4.72 Å². The third-order valence-electron chi connectivity index (χ3n) is 5.34. The monoisotopic (exact) mass is 393 g/mol. The lowest BCUT2D eigenvalue weighted by molar-refractivity contribution is -0.119. The van der Waals surface area contributed by atoms with E-state index in [0.29, 0.717) is 31.7 Å². The van der Waals surface area contributed by atoms with Gasteiger partial charge >= 0.3 is 0 Å². The summed E-state index contributed by atoms with van der Waals surface area (Å²) in [7, 11) is -3.57. The number of carbonyl (C=O) groups excluding carboxylic acids is 2. The van der Waals surface area contributed by atoms with Gasteiger partial charge in [-0.1, -0.05) is 25.7 Å². The van der Waals surface area contributed by atoms with Gasteiger partial charge in [-0.3, -0.25) is 9.59 Å². The van der Waals surface area contributed by atoms with Gasteiger partial charge in [-0.2, -0.15) is 0 Å². The van der Waals surface area contributed by atoms with Crippen LogP contribution in [0.15, 0.2) is 29.2 Å². The quantitative estimate of drug-likeness (QED) is 0.608. The Morgan fingerprint density at radius 1 is 0.963 bits per heavy atom. The second-order valence-corrected chi connectivity index (χ2v) is 8.98. The highest BCUT2D eigenvalue weighted by Crippen LogP contribution is 2.20. The highest BCUT2D eigenvalue weighted by molar-refractivity contribution is 7.89. The fourth-order valence-corrected chi connectivity index (χ4v) is 4.98. The minimum absolute atomic E-state index is 0.00655. The molecule has 0 radical (unpaired) electrons. The summed E-state index contributed by atoms with van der Waals surface area (Å²) in [6, 6.07) is 6.11. The van der Waals surface area contributed by atoms with Gasteiger partial charge in [-0.25, -0.2) is 13.1 Å². The summed E-state index contributed by atoms with van der Waals surface area (Å²) in [5, 5.41) is 0. The van der Waals surface area contributed by atoms with E-state index >= 15 is 0 Å². The molecule has 1 saturated carbocycles. The van der Waals surface area contributed by atoms with Gasteiger partial charge < -0.3 is 9.80 Å². The molecule has 1 N–H and O–H groups in total. The molecule has 1 saturated heterocycles. The van der Waals surface area contributed by atoms with Crippen molar-refractivity contribution in [2.45, 2.75) is 49.5 Å². The maximum Gasteiger partial charge on any atom is 0.253 e. The van der Waals surface area contributed by atoms with Crippen molar-refractivity contribution in [2.24, 2.45) is 0 Å². The van der Waals surface area contributed by atoms with Gasteiger partial charge in [0.15, 0.2) is 0 Å². The molecular formula is C19H27N3O4S. The fraction of sp³-hybridized carbons (Fsp3) is 0.579. The number of rotatable bonds is 5. The number of hydrogen-bond donors (Lipinski definition) is 1. The molecular weight excluding hydrogens is 366 g/mol. The summed E-state index contributed by atoms with van der Waals surface area (Å²) in [6.07, 6.45) is 6.98. The molecule has 2 fully saturated rings. The average molecular weight is 394 g/mol. The maximum absolute atomic E-state index is 12.6. The first kappa shape index (κ1) is 19.8. The van der Waals surface area contributed by atoms with E-state index in [-0.39, 0.29) is 16.8 Å². The van der Waals surface area contributed by atoms with Crippen LogP contribution in [0, 0.1) is 0 Å². The van der Waals surface area contributed by atoms with E-state index in [1.54, 1.807) is 21.9 Å². The predicted molar refractivity (Wildman–Crippen MR) is 102 cm³/mol. The largest absolute Gasteiger partial charge is 0.342 e. The molecule has 2 amide bonds. The fourth-order valence-electron chi connectivity index (χ4n) is 3.67. The summed E-state index contributed by atoms with van der Waals surface area (Å²) in [6.45, 7) is 2.02. The Balaban J connectivity index is 1.63. The minimum atomic E-state index is -3.57. The van der Waals surface area contributed by atoms with Gasteiger partial charge in [0.1, 0.15) is 0 Å². The molecule has 0 bridgehead atoms. The highest BCUT2D eigenvalue weighted by Gasteiger charge is 2.24. The van der Waals surface area contributed by atoms with Crippen molar-refractivity contribution >= 4 is 22.3 Å². The van der Waals surface area contributed by atoms with Crippen molar-refractivity contribution in [1.29, 1.82) is 0 Å². The van der Waals surface area contributed by atoms with E-state index in [0.717, 1.165) is 44.9 Å². The van der Waals surface area contributed by atoms with Gasteiger partial charge in [0.2, 0.25) is 16.4 Å². The topological polar surface area (TPSA) is 86.8 Å². The summed E-state index contributed by atoms with van der Waals surface area (Å²) < 4.78 is 28.1. The van der Waals surface area contributed by atoms with Crippen LogP contribution in [0.2, 0.25) is 0 Å². The van der Waals surface area contributed by atoms with Crippen molar-refractivity contribution in [3.8, 4) is 0 Å². The summed E-state index contributed by atoms with van der Waals surface area (Å²) in [5.74, 6) is -0.138. The van der Waals surface area contributed by atoms with Crippen LogP contribution >= 0.6 is 0 Å². The smallest absolute Gasteiger partial charge is 0.253 e. The predicted octanol–water partition coefficient (Wildman–Crippen LogP) is 1.60. The lowest BCUT2D eigenvalue weighted by Gasteiger charge is -2.32. The Labute approximate surface area is 160 Å². The van der Waals surface area contributed by atoms with Gasteiger partial charge in [0, 0.05) is 37.8 Å². The van der Waals surface area contributed by atoms with E-state index in [1.165, 1.54) is 12.1 Å². The molecule has 7 nitrogen and oxygen atoms in total. The van der Waals surface area contributed by atoms with Crippen LogP contribution in [0.3, 0.4) is 0 Å². The number of hydrogen-bond acceptors (Lipinski definition) is 4. The van der Waals surface area contributed by atoms with E-state index in [4.69, 9.17) is 0 Å². The Morgan fingerprint density at radius 2 is 1.56 bits per heavy atom. The number of piperazine rings is 1. The van der Waals surface area contributed by atoms with Crippen molar-refractivity contribution in [3.05, 3.63) is 29.8 Å². The molecule has 148 valence electrons. The zero-order chi connectivity index (χ0) is 19.3. The SMILES string of the molecule is O=CN1CCN(C(=O)c2ccc(S(=O)(=O)NC3CCCCCC3)cc2)CC1. The molecule has 0 spiro atoms. The van der Waals surface area contributed by atoms with Crippen LogP contribution in [0.5, 0.6) is 0 Å². The van der Waals surface area contributed by atoms with Crippen molar-refractivity contribution in [2.75, 3.05) is 26.2 Å². The summed E-state index contributed by atoms with van der Waals surface area (Å²) in [4.78, 5) is 26.8. The van der Waals surface area contributed by atoms with Crippen molar-refractivity contribution in [1.82, 2.24) is 14.5 Å². The number of nitrogens with zero attached hydrogens (tertiary/aromatic N) is 2. The number of nitrogens with one attached hydrogen (secondary N) is 1.